The predicted octanol–water partition coefficient (Wildman–Crippen LogP) is 4.71. The minimum absolute atomic E-state index is 1.17. The van der Waals surface area contributed by atoms with E-state index in [1.54, 1.807) is 0 Å². The van der Waals surface area contributed by atoms with Crippen LogP contribution in [-0.2, 0) is 4.43 Å². The zero-order chi connectivity index (χ0) is 10.9. The molecule has 0 N–H and O–H groups in total. The van der Waals surface area contributed by atoms with Gasteiger partial charge in [-0.3, -0.25) is 0 Å². The summed E-state index contributed by atoms with van der Waals surface area (Å²) in [4.78, 5) is 0. The van der Waals surface area contributed by atoms with E-state index in [0.29, 0.717) is 0 Å². The van der Waals surface area contributed by atoms with Crippen LogP contribution in [0.1, 0.15) is 45.4 Å². The average molecular weight is 214 g/mol. The van der Waals surface area contributed by atoms with Crippen molar-refractivity contribution in [3.8, 4) is 0 Å². The van der Waals surface area contributed by atoms with Crippen molar-refractivity contribution in [1.29, 1.82) is 0 Å². The molecule has 0 heterocycles. The lowest BCUT2D eigenvalue weighted by Gasteiger charge is -2.14. The second-order valence-electron chi connectivity index (χ2n) is 4.80. The summed E-state index contributed by atoms with van der Waals surface area (Å²) in [6, 6.07) is 0. The fourth-order valence-corrected chi connectivity index (χ4v) is 1.69. The standard InChI is InChI=1S/C12H26OSi/c1-5-6-7-8-9-10-11-12-13-14(2,3)4/h11-12H,5-10H2,1-4H3/b12-11-. The monoisotopic (exact) mass is 214 g/mol. The molecule has 0 unspecified atom stereocenters. The molecule has 0 aliphatic carbocycles. The van der Waals surface area contributed by atoms with Crippen molar-refractivity contribution in [3.63, 3.8) is 0 Å². The van der Waals surface area contributed by atoms with Crippen LogP contribution in [0.15, 0.2) is 12.3 Å². The molecule has 2 heteroatoms. The first-order valence-corrected chi connectivity index (χ1v) is 9.30. The van der Waals surface area contributed by atoms with E-state index in [1.165, 1.54) is 38.5 Å². The van der Waals surface area contributed by atoms with Crippen molar-refractivity contribution in [2.45, 2.75) is 65.1 Å². The van der Waals surface area contributed by atoms with E-state index in [0.717, 1.165) is 0 Å². The Balaban J connectivity index is 3.19. The molecule has 0 bridgehead atoms. The van der Waals surface area contributed by atoms with Gasteiger partial charge < -0.3 is 4.43 Å². The predicted molar refractivity (Wildman–Crippen MR) is 66.9 cm³/mol. The molecule has 0 aliphatic heterocycles. The van der Waals surface area contributed by atoms with E-state index < -0.39 is 8.32 Å². The summed E-state index contributed by atoms with van der Waals surface area (Å²) in [6.45, 7) is 8.87. The van der Waals surface area contributed by atoms with Crippen molar-refractivity contribution in [1.82, 2.24) is 0 Å². The van der Waals surface area contributed by atoms with Crippen LogP contribution in [0.25, 0.3) is 0 Å². The van der Waals surface area contributed by atoms with Crippen LogP contribution in [0.4, 0.5) is 0 Å². The van der Waals surface area contributed by atoms with Gasteiger partial charge >= 0.3 is 0 Å². The molecule has 0 aromatic carbocycles. The third-order valence-electron chi connectivity index (χ3n) is 1.99. The van der Waals surface area contributed by atoms with Gasteiger partial charge in [-0.15, -0.1) is 0 Å². The first kappa shape index (κ1) is 13.8. The van der Waals surface area contributed by atoms with Crippen molar-refractivity contribution in [2.75, 3.05) is 0 Å². The second kappa shape index (κ2) is 8.10. The highest BCUT2D eigenvalue weighted by molar-refractivity contribution is 6.69. The minimum atomic E-state index is -1.33. The molecule has 0 radical (unpaired) electrons. The van der Waals surface area contributed by atoms with Gasteiger partial charge in [-0.2, -0.15) is 0 Å². The summed E-state index contributed by atoms with van der Waals surface area (Å²) in [6.07, 6.45) is 12.0. The van der Waals surface area contributed by atoms with E-state index in [1.807, 2.05) is 6.26 Å². The van der Waals surface area contributed by atoms with Gasteiger partial charge in [0.25, 0.3) is 0 Å². The third kappa shape index (κ3) is 11.8. The summed E-state index contributed by atoms with van der Waals surface area (Å²) in [5.74, 6) is 0. The topological polar surface area (TPSA) is 9.23 Å². The Morgan fingerprint density at radius 3 is 2.21 bits per heavy atom. The van der Waals surface area contributed by atoms with Crippen LogP contribution < -0.4 is 0 Å². The highest BCUT2D eigenvalue weighted by Gasteiger charge is 2.12. The summed E-state index contributed by atoms with van der Waals surface area (Å²) in [7, 11) is -1.33. The first-order valence-electron chi connectivity index (χ1n) is 5.89. The molecule has 14 heavy (non-hydrogen) atoms. The van der Waals surface area contributed by atoms with Gasteiger partial charge in [0.05, 0.1) is 6.26 Å². The third-order valence-corrected chi connectivity index (χ3v) is 2.84. The van der Waals surface area contributed by atoms with Crippen LogP contribution in [-0.4, -0.2) is 8.32 Å². The molecular formula is C12H26OSi. The molecule has 0 aliphatic rings. The lowest BCUT2D eigenvalue weighted by atomic mass is 10.1. The minimum Gasteiger partial charge on any atom is -0.550 e. The van der Waals surface area contributed by atoms with E-state index >= 15 is 0 Å². The lowest BCUT2D eigenvalue weighted by Crippen LogP contribution is -2.21. The fourth-order valence-electron chi connectivity index (χ4n) is 1.19. The largest absolute Gasteiger partial charge is 0.550 e. The zero-order valence-corrected chi connectivity index (χ0v) is 11.3. The van der Waals surface area contributed by atoms with Crippen molar-refractivity contribution < 1.29 is 4.43 Å². The van der Waals surface area contributed by atoms with Crippen LogP contribution in [0.5, 0.6) is 0 Å². The first-order chi connectivity index (χ1) is 6.56. The lowest BCUT2D eigenvalue weighted by molar-refractivity contribution is 0.476. The zero-order valence-electron chi connectivity index (χ0n) is 10.3. The molecule has 0 rings (SSSR count). The molecule has 0 aromatic rings. The molecule has 0 amide bonds. The smallest absolute Gasteiger partial charge is 0.241 e. The maximum atomic E-state index is 5.62. The molecule has 0 spiro atoms. The second-order valence-corrected chi connectivity index (χ2v) is 9.27. The quantitative estimate of drug-likeness (QED) is 0.323. The normalized spacial score (nSPS) is 12.3. The molecule has 0 saturated heterocycles. The molecule has 0 saturated carbocycles. The van der Waals surface area contributed by atoms with E-state index in [-0.39, 0.29) is 0 Å². The summed E-state index contributed by atoms with van der Waals surface area (Å²) in [5, 5.41) is 0. The van der Waals surface area contributed by atoms with Crippen molar-refractivity contribution in [3.05, 3.63) is 12.3 Å². The highest BCUT2D eigenvalue weighted by atomic mass is 28.4. The van der Waals surface area contributed by atoms with Gasteiger partial charge in [0.2, 0.25) is 8.32 Å². The van der Waals surface area contributed by atoms with E-state index in [9.17, 15) is 0 Å². The van der Waals surface area contributed by atoms with Crippen molar-refractivity contribution >= 4 is 8.32 Å². The molecule has 1 nitrogen and oxygen atoms in total. The SMILES string of the molecule is CCCCCCC/C=C\O[Si](C)(C)C. The van der Waals surface area contributed by atoms with E-state index in [2.05, 4.69) is 32.6 Å². The van der Waals surface area contributed by atoms with Gasteiger partial charge in [-0.1, -0.05) is 38.7 Å². The van der Waals surface area contributed by atoms with Gasteiger partial charge in [-0.25, -0.2) is 0 Å². The van der Waals surface area contributed by atoms with Gasteiger partial charge in [-0.05, 0) is 32.5 Å². The molecular weight excluding hydrogens is 188 g/mol. The van der Waals surface area contributed by atoms with Gasteiger partial charge in [0, 0.05) is 0 Å². The maximum absolute atomic E-state index is 5.62. The van der Waals surface area contributed by atoms with Crippen LogP contribution >= 0.6 is 0 Å². The summed E-state index contributed by atoms with van der Waals surface area (Å²) >= 11 is 0. The summed E-state index contributed by atoms with van der Waals surface area (Å²) in [5.41, 5.74) is 0. The Morgan fingerprint density at radius 1 is 1.00 bits per heavy atom. The molecule has 0 fully saturated rings. The average Bonchev–Trinajstić information content (AvgIpc) is 2.08. The van der Waals surface area contributed by atoms with Gasteiger partial charge in [0.15, 0.2) is 0 Å². The molecule has 0 aromatic heterocycles. The summed E-state index contributed by atoms with van der Waals surface area (Å²) < 4.78 is 5.62. The fraction of sp³-hybridized carbons (Fsp3) is 0.833. The Labute approximate surface area is 90.7 Å². The Hall–Kier alpha value is -0.243. The van der Waals surface area contributed by atoms with Crippen LogP contribution in [0, 0.1) is 0 Å². The maximum Gasteiger partial charge on any atom is 0.241 e. The van der Waals surface area contributed by atoms with Crippen LogP contribution in [0.2, 0.25) is 19.6 Å². The number of hydrogen-bond donors (Lipinski definition) is 0. The number of hydrogen-bond acceptors (Lipinski definition) is 1. The molecule has 0 atom stereocenters. The Morgan fingerprint density at radius 2 is 1.64 bits per heavy atom. The van der Waals surface area contributed by atoms with Crippen molar-refractivity contribution in [2.24, 2.45) is 0 Å². The van der Waals surface area contributed by atoms with E-state index in [4.69, 9.17) is 4.43 Å². The van der Waals surface area contributed by atoms with Crippen LogP contribution in [0.3, 0.4) is 0 Å². The molecule has 84 valence electrons. The Bertz CT molecular complexity index is 147. The number of unbranched alkanes of at least 4 members (excludes halogenated alkanes) is 5. The highest BCUT2D eigenvalue weighted by Crippen LogP contribution is 2.07. The number of allylic oxidation sites excluding steroid dienone is 1. The number of rotatable bonds is 8. The van der Waals surface area contributed by atoms with Gasteiger partial charge in [0.1, 0.15) is 0 Å². The Kier molecular flexibility index (Phi) is 7.96.